The van der Waals surface area contributed by atoms with Crippen LogP contribution in [0.2, 0.25) is 0 Å². The molecule has 1 aliphatic heterocycles. The summed E-state index contributed by atoms with van der Waals surface area (Å²) < 4.78 is 12.8. The van der Waals surface area contributed by atoms with E-state index in [2.05, 4.69) is 10.1 Å². The first-order valence-electron chi connectivity index (χ1n) is 10.6. The molecule has 0 saturated heterocycles. The average molecular weight is 443 g/mol. The number of aliphatic imine (C=N–C) groups is 2. The molecule has 0 spiro atoms. The van der Waals surface area contributed by atoms with Gasteiger partial charge in [0, 0.05) is 43.1 Å². The molecule has 1 aromatic heterocycles. The first-order valence-corrected chi connectivity index (χ1v) is 10.6. The predicted molar refractivity (Wildman–Crippen MR) is 130 cm³/mol. The number of ketones is 1. The van der Waals surface area contributed by atoms with Crippen molar-refractivity contribution in [1.29, 1.82) is 0 Å². The standard InChI is InChI=1S/C26H26N4O3/c1-17(31)9-25(19-11-23(32-3)7-8-24(12-19)33-4)18-5-6-21-13-22(10-18)29-26(15-27-21)20-14-28-30(2)16-20/h5-7,9-12,14-16H,8,13H2,1-4H3. The molecule has 0 amide bonds. The molecule has 2 aliphatic carbocycles. The Hall–Kier alpha value is -4.00. The van der Waals surface area contributed by atoms with Gasteiger partial charge in [0.15, 0.2) is 5.78 Å². The summed E-state index contributed by atoms with van der Waals surface area (Å²) in [4.78, 5) is 21.7. The first kappa shape index (κ1) is 22.2. The molecule has 2 bridgehead atoms. The van der Waals surface area contributed by atoms with E-state index in [9.17, 15) is 4.79 Å². The van der Waals surface area contributed by atoms with Crippen LogP contribution in [0.3, 0.4) is 0 Å². The van der Waals surface area contributed by atoms with Gasteiger partial charge in [0.1, 0.15) is 11.5 Å². The lowest BCUT2D eigenvalue weighted by atomic mass is 9.94. The molecule has 0 aromatic carbocycles. The summed E-state index contributed by atoms with van der Waals surface area (Å²) in [5.41, 5.74) is 5.83. The monoisotopic (exact) mass is 442 g/mol. The van der Waals surface area contributed by atoms with Crippen molar-refractivity contribution < 1.29 is 14.3 Å². The summed E-state index contributed by atoms with van der Waals surface area (Å²) in [7, 11) is 5.14. The van der Waals surface area contributed by atoms with Crippen LogP contribution in [0.25, 0.3) is 5.70 Å². The van der Waals surface area contributed by atoms with Crippen LogP contribution in [0.5, 0.6) is 0 Å². The Morgan fingerprint density at radius 1 is 1.09 bits per heavy atom. The Bertz CT molecular complexity index is 1260. The largest absolute Gasteiger partial charge is 0.501 e. The number of hydrogen-bond acceptors (Lipinski definition) is 6. The zero-order valence-electron chi connectivity index (χ0n) is 19.2. The molecule has 168 valence electrons. The van der Waals surface area contributed by atoms with Gasteiger partial charge in [-0.2, -0.15) is 5.10 Å². The van der Waals surface area contributed by atoms with Crippen molar-refractivity contribution in [2.75, 3.05) is 14.2 Å². The third-order valence-corrected chi connectivity index (χ3v) is 5.34. The van der Waals surface area contributed by atoms with Gasteiger partial charge in [0.05, 0.1) is 32.3 Å². The summed E-state index contributed by atoms with van der Waals surface area (Å²) >= 11 is 0. The normalized spacial score (nSPS) is 18.3. The van der Waals surface area contributed by atoms with Gasteiger partial charge in [0.2, 0.25) is 0 Å². The molecule has 1 aromatic rings. The Morgan fingerprint density at radius 2 is 1.94 bits per heavy atom. The van der Waals surface area contributed by atoms with Gasteiger partial charge in [0.25, 0.3) is 0 Å². The smallest absolute Gasteiger partial charge is 0.153 e. The number of carbonyl (C=O) groups excluding carboxylic acids is 1. The molecule has 0 N–H and O–H groups in total. The van der Waals surface area contributed by atoms with Crippen LogP contribution in [0, 0.1) is 0 Å². The highest BCUT2D eigenvalue weighted by Gasteiger charge is 2.18. The number of carbonyl (C=O) groups is 1. The predicted octanol–water partition coefficient (Wildman–Crippen LogP) is 4.41. The van der Waals surface area contributed by atoms with E-state index in [1.807, 2.05) is 49.7 Å². The van der Waals surface area contributed by atoms with Gasteiger partial charge >= 0.3 is 0 Å². The fraction of sp³-hybridized carbons (Fsp3) is 0.231. The molecule has 0 radical (unpaired) electrons. The molecule has 0 atom stereocenters. The van der Waals surface area contributed by atoms with E-state index in [1.54, 1.807) is 44.3 Å². The third-order valence-electron chi connectivity index (χ3n) is 5.34. The number of methoxy groups -OCH3 is 2. The highest BCUT2D eigenvalue weighted by Crippen LogP contribution is 2.30. The quantitative estimate of drug-likeness (QED) is 0.612. The Kier molecular flexibility index (Phi) is 6.49. The van der Waals surface area contributed by atoms with Gasteiger partial charge in [-0.3, -0.25) is 19.5 Å². The number of ether oxygens (including phenoxy) is 2. The van der Waals surface area contributed by atoms with Crippen LogP contribution in [0.4, 0.5) is 0 Å². The molecule has 0 fully saturated rings. The maximum atomic E-state index is 12.2. The number of allylic oxidation sites excluding steroid dienone is 10. The minimum atomic E-state index is -0.0561. The fourth-order valence-electron chi connectivity index (χ4n) is 3.72. The van der Waals surface area contributed by atoms with E-state index < -0.39 is 0 Å². The Morgan fingerprint density at radius 3 is 2.64 bits per heavy atom. The van der Waals surface area contributed by atoms with Crippen LogP contribution in [-0.2, 0) is 21.3 Å². The highest BCUT2D eigenvalue weighted by atomic mass is 16.5. The summed E-state index contributed by atoms with van der Waals surface area (Å²) in [5.74, 6) is 1.43. The molecule has 4 rings (SSSR count). The van der Waals surface area contributed by atoms with Crippen LogP contribution in [0.1, 0.15) is 25.3 Å². The number of rotatable bonds is 6. The molecule has 3 aliphatic rings. The van der Waals surface area contributed by atoms with E-state index in [4.69, 9.17) is 14.5 Å². The summed E-state index contributed by atoms with van der Waals surface area (Å²) in [6.45, 7) is 1.54. The second-order valence-corrected chi connectivity index (χ2v) is 7.85. The first-order chi connectivity index (χ1) is 15.9. The van der Waals surface area contributed by atoms with Crippen molar-refractivity contribution in [3.8, 4) is 0 Å². The van der Waals surface area contributed by atoms with Crippen LogP contribution < -0.4 is 0 Å². The lowest BCUT2D eigenvalue weighted by molar-refractivity contribution is -0.112. The van der Waals surface area contributed by atoms with Crippen molar-refractivity contribution in [3.63, 3.8) is 0 Å². The van der Waals surface area contributed by atoms with E-state index in [1.165, 1.54) is 0 Å². The van der Waals surface area contributed by atoms with Crippen LogP contribution in [-0.4, -0.2) is 41.2 Å². The van der Waals surface area contributed by atoms with E-state index in [-0.39, 0.29) is 5.78 Å². The van der Waals surface area contributed by atoms with Gasteiger partial charge in [-0.25, -0.2) is 0 Å². The lowest BCUT2D eigenvalue weighted by Crippen LogP contribution is -2.02. The zero-order chi connectivity index (χ0) is 23.4. The van der Waals surface area contributed by atoms with Crippen molar-refractivity contribution in [2.45, 2.75) is 19.8 Å². The highest BCUT2D eigenvalue weighted by molar-refractivity contribution is 6.17. The van der Waals surface area contributed by atoms with E-state index in [0.717, 1.165) is 45.2 Å². The lowest BCUT2D eigenvalue weighted by Gasteiger charge is -2.12. The topological polar surface area (TPSA) is 78.1 Å². The number of fused-ring (bicyclic) bond motifs is 2. The second kappa shape index (κ2) is 9.65. The molecule has 0 saturated carbocycles. The molecule has 0 unspecified atom stereocenters. The average Bonchev–Trinajstić information content (AvgIpc) is 2.98. The van der Waals surface area contributed by atoms with E-state index >= 15 is 0 Å². The third kappa shape index (κ3) is 5.26. The molecule has 7 nitrogen and oxygen atoms in total. The van der Waals surface area contributed by atoms with Gasteiger partial charge in [-0.15, -0.1) is 0 Å². The van der Waals surface area contributed by atoms with Crippen LogP contribution in [0.15, 0.2) is 99.3 Å². The van der Waals surface area contributed by atoms with Crippen molar-refractivity contribution in [3.05, 3.63) is 94.9 Å². The Balaban J connectivity index is 1.82. The van der Waals surface area contributed by atoms with Gasteiger partial charge in [-0.05, 0) is 60.1 Å². The van der Waals surface area contributed by atoms with Gasteiger partial charge < -0.3 is 9.47 Å². The maximum Gasteiger partial charge on any atom is 0.153 e. The zero-order valence-corrected chi connectivity index (χ0v) is 19.2. The van der Waals surface area contributed by atoms with Crippen LogP contribution >= 0.6 is 0 Å². The number of nitrogens with zero attached hydrogens (tertiary/aromatic N) is 4. The summed E-state index contributed by atoms with van der Waals surface area (Å²) in [6, 6.07) is 0. The number of aryl methyl sites for hydroxylation is 1. The number of aromatic nitrogens is 2. The van der Waals surface area contributed by atoms with Crippen molar-refractivity contribution in [1.82, 2.24) is 9.78 Å². The molecule has 7 heteroatoms. The molecular formula is C26H26N4O3. The molecule has 2 heterocycles. The minimum absolute atomic E-state index is 0.0561. The maximum absolute atomic E-state index is 12.2. The SMILES string of the molecule is COC1=CCC(OC)=CC(C(=CC(C)=O)C2=CC3=NC(c4cnn(C)c4)=CN=C(C=C2)C3)=C1. The number of hydrogen-bond donors (Lipinski definition) is 0. The summed E-state index contributed by atoms with van der Waals surface area (Å²) in [5, 5.41) is 4.24. The molecular weight excluding hydrogens is 416 g/mol. The molecule has 33 heavy (non-hydrogen) atoms. The van der Waals surface area contributed by atoms with Gasteiger partial charge in [-0.1, -0.05) is 6.08 Å². The van der Waals surface area contributed by atoms with Crippen molar-refractivity contribution >= 4 is 22.9 Å². The van der Waals surface area contributed by atoms with Crippen molar-refractivity contribution in [2.24, 2.45) is 17.0 Å². The summed E-state index contributed by atoms with van der Waals surface area (Å²) in [6.07, 6.45) is 20.0. The minimum Gasteiger partial charge on any atom is -0.501 e. The Labute approximate surface area is 193 Å². The second-order valence-electron chi connectivity index (χ2n) is 7.85. The fourth-order valence-corrected chi connectivity index (χ4v) is 3.72. The van der Waals surface area contributed by atoms with E-state index in [0.29, 0.717) is 18.6 Å².